The fraction of sp³-hybridized carbons (Fsp3) is 0.136. The Morgan fingerprint density at radius 2 is 1.75 bits per heavy atom. The van der Waals surface area contributed by atoms with Gasteiger partial charge in [0.25, 0.3) is 0 Å². The normalized spacial score (nSPS) is 11.1. The summed E-state index contributed by atoms with van der Waals surface area (Å²) in [5.74, 6) is -0.844. The molecule has 1 aromatic heterocycles. The van der Waals surface area contributed by atoms with Crippen LogP contribution in [0.15, 0.2) is 60.8 Å². The zero-order chi connectivity index (χ0) is 23.3. The first-order valence-electron chi connectivity index (χ1n) is 9.24. The maximum Gasteiger partial charge on any atom is 0.417 e. The number of rotatable bonds is 7. The van der Waals surface area contributed by atoms with Crippen molar-refractivity contribution in [2.45, 2.75) is 19.0 Å². The van der Waals surface area contributed by atoms with Gasteiger partial charge in [0.05, 0.1) is 10.6 Å². The summed E-state index contributed by atoms with van der Waals surface area (Å²) >= 11 is 5.57. The van der Waals surface area contributed by atoms with Crippen molar-refractivity contribution in [1.82, 2.24) is 4.98 Å². The first kappa shape index (κ1) is 23.1. The van der Waals surface area contributed by atoms with E-state index in [1.807, 2.05) is 0 Å². The van der Waals surface area contributed by atoms with Gasteiger partial charge in [0.2, 0.25) is 5.91 Å². The highest BCUT2D eigenvalue weighted by Gasteiger charge is 2.33. The minimum absolute atomic E-state index is 0.00792. The number of aromatic nitrogens is 1. The average Bonchev–Trinajstić information content (AvgIpc) is 2.74. The van der Waals surface area contributed by atoms with Gasteiger partial charge in [0.15, 0.2) is 5.69 Å². The molecule has 0 bridgehead atoms. The summed E-state index contributed by atoms with van der Waals surface area (Å²) in [6, 6.07) is 12.8. The molecule has 0 spiro atoms. The van der Waals surface area contributed by atoms with Gasteiger partial charge in [-0.25, -0.2) is 9.78 Å². The number of pyridine rings is 1. The third-order valence-corrected chi connectivity index (χ3v) is 4.64. The van der Waals surface area contributed by atoms with Crippen LogP contribution in [0.4, 0.5) is 18.9 Å². The van der Waals surface area contributed by atoms with Crippen LogP contribution in [-0.4, -0.2) is 22.0 Å². The number of carbonyl (C=O) groups is 2. The van der Waals surface area contributed by atoms with Crippen molar-refractivity contribution in [1.29, 1.82) is 0 Å². The lowest BCUT2D eigenvalue weighted by Gasteiger charge is -2.12. The number of aromatic carboxylic acids is 1. The molecular weight excluding hydrogens is 449 g/mol. The summed E-state index contributed by atoms with van der Waals surface area (Å²) in [6.07, 6.45) is -2.89. The van der Waals surface area contributed by atoms with E-state index in [4.69, 9.17) is 21.4 Å². The van der Waals surface area contributed by atoms with Gasteiger partial charge in [-0.05, 0) is 48.4 Å². The van der Waals surface area contributed by atoms with E-state index in [2.05, 4.69) is 10.3 Å². The predicted octanol–water partition coefficient (Wildman–Crippen LogP) is 5.82. The third kappa shape index (κ3) is 6.21. The lowest BCUT2D eigenvalue weighted by atomic mass is 10.1. The Balaban J connectivity index is 1.56. The van der Waals surface area contributed by atoms with Crippen LogP contribution in [0.2, 0.25) is 5.02 Å². The molecule has 0 radical (unpaired) electrons. The maximum absolute atomic E-state index is 12.9. The van der Waals surface area contributed by atoms with Crippen LogP contribution in [0.3, 0.4) is 0 Å². The molecule has 3 aromatic rings. The van der Waals surface area contributed by atoms with Crippen LogP contribution in [0.5, 0.6) is 11.5 Å². The lowest BCUT2D eigenvalue weighted by Crippen LogP contribution is -2.14. The first-order chi connectivity index (χ1) is 15.1. The maximum atomic E-state index is 12.9. The van der Waals surface area contributed by atoms with Crippen LogP contribution in [0.25, 0.3) is 0 Å². The summed E-state index contributed by atoms with van der Waals surface area (Å²) < 4.78 is 44.4. The van der Waals surface area contributed by atoms with E-state index in [9.17, 15) is 22.8 Å². The number of nitrogens with zero attached hydrogens (tertiary/aromatic N) is 1. The van der Waals surface area contributed by atoms with Crippen molar-refractivity contribution in [2.75, 3.05) is 5.32 Å². The van der Waals surface area contributed by atoms with Gasteiger partial charge in [-0.1, -0.05) is 23.7 Å². The van der Waals surface area contributed by atoms with Gasteiger partial charge in [-0.2, -0.15) is 13.2 Å². The minimum Gasteiger partial charge on any atom is -0.477 e. The Bertz CT molecular complexity index is 1130. The standard InChI is InChI=1S/C22H16ClF3N2O4/c23-18-7-4-14(11-17(18)22(24,25)26)28-20(29)8-3-13-1-5-15(6-2-13)32-16-9-10-27-19(12-16)21(30)31/h1-2,4-7,9-12H,3,8H2,(H,28,29)(H,30,31). The number of carbonyl (C=O) groups excluding carboxylic acids is 1. The van der Waals surface area contributed by atoms with E-state index in [1.165, 1.54) is 24.4 Å². The molecule has 32 heavy (non-hydrogen) atoms. The van der Waals surface area contributed by atoms with E-state index in [0.717, 1.165) is 17.7 Å². The van der Waals surface area contributed by atoms with Gasteiger partial charge in [0, 0.05) is 24.4 Å². The van der Waals surface area contributed by atoms with Crippen LogP contribution in [0, 0.1) is 0 Å². The van der Waals surface area contributed by atoms with Crippen molar-refractivity contribution in [3.05, 3.63) is 82.6 Å². The highest BCUT2D eigenvalue weighted by molar-refractivity contribution is 6.31. The summed E-state index contributed by atoms with van der Waals surface area (Å²) in [6.45, 7) is 0. The fourth-order valence-corrected chi connectivity index (χ4v) is 2.98. The summed E-state index contributed by atoms with van der Waals surface area (Å²) in [7, 11) is 0. The number of carboxylic acid groups (broad SMARTS) is 1. The van der Waals surface area contributed by atoms with Crippen molar-refractivity contribution in [3.63, 3.8) is 0 Å². The van der Waals surface area contributed by atoms with Crippen LogP contribution in [0.1, 0.15) is 28.0 Å². The second-order valence-electron chi connectivity index (χ2n) is 6.67. The number of hydrogen-bond donors (Lipinski definition) is 2. The smallest absolute Gasteiger partial charge is 0.417 e. The highest BCUT2D eigenvalue weighted by Crippen LogP contribution is 2.36. The molecule has 0 atom stereocenters. The summed E-state index contributed by atoms with van der Waals surface area (Å²) in [5.41, 5.74) is -0.348. The summed E-state index contributed by atoms with van der Waals surface area (Å²) in [5, 5.41) is 11.0. The van der Waals surface area contributed by atoms with E-state index < -0.39 is 28.6 Å². The Hall–Kier alpha value is -3.59. The van der Waals surface area contributed by atoms with Crippen LogP contribution in [-0.2, 0) is 17.4 Å². The second-order valence-corrected chi connectivity index (χ2v) is 7.08. The number of ether oxygens (including phenoxy) is 1. The Morgan fingerprint density at radius 3 is 2.41 bits per heavy atom. The molecule has 166 valence electrons. The summed E-state index contributed by atoms with van der Waals surface area (Å²) in [4.78, 5) is 26.8. The molecule has 0 saturated carbocycles. The highest BCUT2D eigenvalue weighted by atomic mass is 35.5. The number of halogens is 4. The van der Waals surface area contributed by atoms with Crippen molar-refractivity contribution in [3.8, 4) is 11.5 Å². The van der Waals surface area contributed by atoms with Gasteiger partial charge in [0.1, 0.15) is 11.5 Å². The molecule has 2 aromatic carbocycles. The van der Waals surface area contributed by atoms with Crippen molar-refractivity contribution in [2.24, 2.45) is 0 Å². The average molecular weight is 465 g/mol. The van der Waals surface area contributed by atoms with Crippen molar-refractivity contribution < 1.29 is 32.6 Å². The molecular formula is C22H16ClF3N2O4. The predicted molar refractivity (Wildman–Crippen MR) is 111 cm³/mol. The zero-order valence-electron chi connectivity index (χ0n) is 16.3. The number of carboxylic acids is 1. The second kappa shape index (κ2) is 9.69. The zero-order valence-corrected chi connectivity index (χ0v) is 17.1. The number of hydrogen-bond acceptors (Lipinski definition) is 4. The molecule has 1 heterocycles. The van der Waals surface area contributed by atoms with Crippen molar-refractivity contribution >= 4 is 29.2 Å². The monoisotopic (exact) mass is 464 g/mol. The molecule has 0 fully saturated rings. The molecule has 0 unspecified atom stereocenters. The quantitative estimate of drug-likeness (QED) is 0.460. The topological polar surface area (TPSA) is 88.5 Å². The Labute approximate surface area is 185 Å². The van der Waals surface area contributed by atoms with E-state index in [1.54, 1.807) is 24.3 Å². The van der Waals surface area contributed by atoms with E-state index >= 15 is 0 Å². The van der Waals surface area contributed by atoms with Gasteiger partial charge in [-0.3, -0.25) is 4.79 Å². The number of benzene rings is 2. The lowest BCUT2D eigenvalue weighted by molar-refractivity contribution is -0.137. The van der Waals surface area contributed by atoms with Gasteiger partial charge >= 0.3 is 12.1 Å². The minimum atomic E-state index is -4.62. The largest absolute Gasteiger partial charge is 0.477 e. The number of anilines is 1. The number of nitrogens with one attached hydrogen (secondary N) is 1. The third-order valence-electron chi connectivity index (χ3n) is 4.31. The first-order valence-corrected chi connectivity index (χ1v) is 9.62. The number of alkyl halides is 3. The van der Waals surface area contributed by atoms with Gasteiger partial charge in [-0.15, -0.1) is 0 Å². The van der Waals surface area contributed by atoms with E-state index in [-0.39, 0.29) is 17.8 Å². The fourth-order valence-electron chi connectivity index (χ4n) is 2.75. The van der Waals surface area contributed by atoms with Gasteiger partial charge < -0.3 is 15.2 Å². The molecule has 0 aliphatic carbocycles. The van der Waals surface area contributed by atoms with Crippen LogP contribution >= 0.6 is 11.6 Å². The molecule has 3 rings (SSSR count). The Morgan fingerprint density at radius 1 is 1.03 bits per heavy atom. The molecule has 1 amide bonds. The van der Waals surface area contributed by atoms with E-state index in [0.29, 0.717) is 17.9 Å². The number of amides is 1. The molecule has 0 aliphatic rings. The molecule has 6 nitrogen and oxygen atoms in total. The molecule has 0 saturated heterocycles. The molecule has 0 aliphatic heterocycles. The molecule has 2 N–H and O–H groups in total. The Kier molecular flexibility index (Phi) is 6.99. The molecule has 10 heteroatoms. The number of aryl methyl sites for hydroxylation is 1. The van der Waals surface area contributed by atoms with Crippen LogP contribution < -0.4 is 10.1 Å². The SMILES string of the molecule is O=C(CCc1ccc(Oc2ccnc(C(=O)O)c2)cc1)Nc1ccc(Cl)c(C(F)(F)F)c1.